The van der Waals surface area contributed by atoms with Crippen LogP contribution in [0, 0.1) is 0 Å². The first-order chi connectivity index (χ1) is 27.3. The number of hydrogen-bond donors (Lipinski definition) is 2. The molecule has 0 aliphatic carbocycles. The van der Waals surface area contributed by atoms with Crippen LogP contribution in [0.25, 0.3) is 0 Å². The van der Waals surface area contributed by atoms with E-state index in [1.807, 2.05) is 0 Å². The number of phosphoric acid groups is 1. The van der Waals surface area contributed by atoms with Crippen molar-refractivity contribution < 1.29 is 37.9 Å². The minimum absolute atomic E-state index is 0.216. The third-order valence-corrected chi connectivity index (χ3v) is 11.3. The van der Waals surface area contributed by atoms with E-state index in [4.69, 9.17) is 19.3 Å². The lowest BCUT2D eigenvalue weighted by Crippen LogP contribution is -2.29. The lowest BCUT2D eigenvalue weighted by molar-refractivity contribution is -0.161. The van der Waals surface area contributed by atoms with Crippen molar-refractivity contribution in [2.45, 2.75) is 264 Å². The van der Waals surface area contributed by atoms with E-state index in [-0.39, 0.29) is 19.4 Å². The third-order valence-electron chi connectivity index (χ3n) is 10.8. The molecule has 0 aromatic rings. The third kappa shape index (κ3) is 45.5. The minimum Gasteiger partial charge on any atom is -0.462 e. The highest BCUT2D eigenvalue weighted by Crippen LogP contribution is 2.36. The van der Waals surface area contributed by atoms with Gasteiger partial charge in [0.25, 0.3) is 0 Å². The summed E-state index contributed by atoms with van der Waals surface area (Å²) in [6, 6.07) is 0. The zero-order valence-electron chi connectivity index (χ0n) is 36.8. The Bertz CT molecular complexity index is 920. The van der Waals surface area contributed by atoms with Crippen LogP contribution in [0.1, 0.15) is 258 Å². The number of ether oxygens (including phenoxy) is 2. The zero-order chi connectivity index (χ0) is 41.1. The monoisotopic (exact) mass is 815 g/mol. The SMILES string of the molecule is CCCCCCCCCC/C=C\CCCCCCCCCCCCCC(=O)OC(COC(=O)CCCCCCCCCCCCCCCCC)COP(=O)(O)O. The first kappa shape index (κ1) is 54.8. The molecule has 1 atom stereocenters. The lowest BCUT2D eigenvalue weighted by atomic mass is 10.0. The number of hydrogen-bond acceptors (Lipinski definition) is 6. The predicted octanol–water partition coefficient (Wildman–Crippen LogP) is 15.0. The maximum Gasteiger partial charge on any atom is 0.469 e. The molecule has 0 bridgehead atoms. The number of esters is 2. The van der Waals surface area contributed by atoms with E-state index in [1.54, 1.807) is 0 Å². The van der Waals surface area contributed by atoms with Gasteiger partial charge in [-0.05, 0) is 38.5 Å². The Balaban J connectivity index is 3.79. The molecule has 0 rings (SSSR count). The number of carbonyl (C=O) groups is 2. The van der Waals surface area contributed by atoms with E-state index in [1.165, 1.54) is 186 Å². The van der Waals surface area contributed by atoms with Crippen molar-refractivity contribution in [3.05, 3.63) is 12.2 Å². The van der Waals surface area contributed by atoms with Gasteiger partial charge in [-0.1, -0.05) is 219 Å². The summed E-state index contributed by atoms with van der Waals surface area (Å²) in [5, 5.41) is 0. The number of phosphoric ester groups is 1. The van der Waals surface area contributed by atoms with Crippen molar-refractivity contribution in [3.63, 3.8) is 0 Å². The molecule has 1 unspecified atom stereocenters. The summed E-state index contributed by atoms with van der Waals surface area (Å²) in [6.07, 6.45) is 49.4. The van der Waals surface area contributed by atoms with Crippen LogP contribution in [0.2, 0.25) is 0 Å². The summed E-state index contributed by atoms with van der Waals surface area (Å²) >= 11 is 0. The molecule has 0 radical (unpaired) electrons. The molecule has 0 aliphatic heterocycles. The van der Waals surface area contributed by atoms with Gasteiger partial charge in [-0.15, -0.1) is 0 Å². The number of carbonyl (C=O) groups excluding carboxylic acids is 2. The Morgan fingerprint density at radius 2 is 0.750 bits per heavy atom. The molecule has 2 N–H and O–H groups in total. The minimum atomic E-state index is -4.75. The van der Waals surface area contributed by atoms with Crippen LogP contribution in [0.15, 0.2) is 12.2 Å². The van der Waals surface area contributed by atoms with Gasteiger partial charge in [-0.25, -0.2) is 4.57 Å². The maximum absolute atomic E-state index is 12.5. The van der Waals surface area contributed by atoms with Gasteiger partial charge in [0.05, 0.1) is 6.61 Å². The van der Waals surface area contributed by atoms with Crippen LogP contribution in [-0.4, -0.2) is 41.0 Å². The molecule has 0 spiro atoms. The molecule has 332 valence electrons. The number of allylic oxidation sites excluding steroid dienone is 2. The normalized spacial score (nSPS) is 12.4. The second-order valence-electron chi connectivity index (χ2n) is 16.4. The molecule has 0 amide bonds. The van der Waals surface area contributed by atoms with Gasteiger partial charge in [-0.3, -0.25) is 14.1 Å². The Morgan fingerprint density at radius 3 is 1.09 bits per heavy atom. The number of rotatable bonds is 45. The highest BCUT2D eigenvalue weighted by atomic mass is 31.2. The van der Waals surface area contributed by atoms with Gasteiger partial charge in [0.2, 0.25) is 0 Å². The highest BCUT2D eigenvalue weighted by molar-refractivity contribution is 7.46. The lowest BCUT2D eigenvalue weighted by Gasteiger charge is -2.18. The fourth-order valence-electron chi connectivity index (χ4n) is 7.19. The van der Waals surface area contributed by atoms with Crippen molar-refractivity contribution >= 4 is 19.8 Å². The molecular formula is C47H91O8P. The van der Waals surface area contributed by atoms with Crippen molar-refractivity contribution in [2.75, 3.05) is 13.2 Å². The van der Waals surface area contributed by atoms with Crippen molar-refractivity contribution in [3.8, 4) is 0 Å². The van der Waals surface area contributed by atoms with Gasteiger partial charge in [0.1, 0.15) is 6.61 Å². The standard InChI is InChI=1S/C47H91O8P/c1-3-5-7-9-11-13-15-17-19-20-21-22-23-24-25-26-28-30-32-34-36-38-40-42-47(49)55-45(44-54-56(50,51)52)43-53-46(48)41-39-37-35-33-31-29-27-18-16-14-12-10-8-6-4-2/h20-21,45H,3-19,22-44H2,1-2H3,(H2,50,51,52)/b21-20-. The quantitative estimate of drug-likeness (QED) is 0.0270. The van der Waals surface area contributed by atoms with Crippen LogP contribution in [0.3, 0.4) is 0 Å². The van der Waals surface area contributed by atoms with Crippen LogP contribution >= 0.6 is 7.82 Å². The molecule has 8 nitrogen and oxygen atoms in total. The van der Waals surface area contributed by atoms with Gasteiger partial charge in [-0.2, -0.15) is 0 Å². The molecule has 0 aromatic heterocycles. The van der Waals surface area contributed by atoms with Gasteiger partial charge in [0, 0.05) is 12.8 Å². The Labute approximate surface area is 346 Å². The molecule has 0 heterocycles. The first-order valence-electron chi connectivity index (χ1n) is 24.0. The molecule has 0 aliphatic rings. The summed E-state index contributed by atoms with van der Waals surface area (Å²) in [7, 11) is -4.75. The maximum atomic E-state index is 12.5. The van der Waals surface area contributed by atoms with Crippen molar-refractivity contribution in [2.24, 2.45) is 0 Å². The summed E-state index contributed by atoms with van der Waals surface area (Å²) in [5.74, 6) is -0.870. The van der Waals surface area contributed by atoms with E-state index >= 15 is 0 Å². The van der Waals surface area contributed by atoms with Gasteiger partial charge >= 0.3 is 19.8 Å². The van der Waals surface area contributed by atoms with Crippen LogP contribution in [0.4, 0.5) is 0 Å². The topological polar surface area (TPSA) is 119 Å². The van der Waals surface area contributed by atoms with Crippen LogP contribution in [-0.2, 0) is 28.2 Å². The second-order valence-corrected chi connectivity index (χ2v) is 17.7. The average molecular weight is 815 g/mol. The molecule has 56 heavy (non-hydrogen) atoms. The summed E-state index contributed by atoms with van der Waals surface area (Å²) in [5.41, 5.74) is 0. The Morgan fingerprint density at radius 1 is 0.446 bits per heavy atom. The second kappa shape index (κ2) is 43.4. The molecule has 0 fully saturated rings. The summed E-state index contributed by atoms with van der Waals surface area (Å²) in [6.45, 7) is 3.73. The zero-order valence-corrected chi connectivity index (χ0v) is 37.7. The van der Waals surface area contributed by atoms with Crippen LogP contribution < -0.4 is 0 Å². The summed E-state index contributed by atoms with van der Waals surface area (Å²) in [4.78, 5) is 43.0. The molecule has 9 heteroatoms. The fourth-order valence-corrected chi connectivity index (χ4v) is 7.55. The van der Waals surface area contributed by atoms with E-state index in [0.29, 0.717) is 6.42 Å². The first-order valence-corrected chi connectivity index (χ1v) is 25.5. The molecule has 0 saturated carbocycles. The molecular weight excluding hydrogens is 723 g/mol. The molecule has 0 aromatic carbocycles. The van der Waals surface area contributed by atoms with E-state index < -0.39 is 32.5 Å². The van der Waals surface area contributed by atoms with E-state index in [9.17, 15) is 14.2 Å². The largest absolute Gasteiger partial charge is 0.469 e. The van der Waals surface area contributed by atoms with Crippen molar-refractivity contribution in [1.82, 2.24) is 0 Å². The average Bonchev–Trinajstić information content (AvgIpc) is 3.17. The smallest absolute Gasteiger partial charge is 0.462 e. The highest BCUT2D eigenvalue weighted by Gasteiger charge is 2.23. The number of unbranched alkanes of at least 4 members (excludes halogenated alkanes) is 33. The Hall–Kier alpha value is -1.21. The van der Waals surface area contributed by atoms with Gasteiger partial charge < -0.3 is 19.3 Å². The molecule has 0 saturated heterocycles. The fraction of sp³-hybridized carbons (Fsp3) is 0.915. The summed E-state index contributed by atoms with van der Waals surface area (Å²) < 4.78 is 26.5. The Kier molecular flexibility index (Phi) is 42.4. The van der Waals surface area contributed by atoms with E-state index in [2.05, 4.69) is 30.5 Å². The predicted molar refractivity (Wildman–Crippen MR) is 235 cm³/mol. The van der Waals surface area contributed by atoms with Gasteiger partial charge in [0.15, 0.2) is 6.10 Å². The van der Waals surface area contributed by atoms with Crippen molar-refractivity contribution in [1.29, 1.82) is 0 Å². The van der Waals surface area contributed by atoms with Crippen LogP contribution in [0.5, 0.6) is 0 Å². The van der Waals surface area contributed by atoms with E-state index in [0.717, 1.165) is 38.5 Å².